The Hall–Kier alpha value is -2.93. The first-order valence-corrected chi connectivity index (χ1v) is 7.68. The van der Waals surface area contributed by atoms with E-state index in [-0.39, 0.29) is 11.4 Å². The minimum Gasteiger partial charge on any atom is -0.508 e. The Morgan fingerprint density at radius 3 is 2.96 bits per heavy atom. The zero-order valence-electron chi connectivity index (χ0n) is 12.3. The molecule has 0 spiro atoms. The number of aromatic hydroxyl groups is 1. The smallest absolute Gasteiger partial charge is 0.291 e. The summed E-state index contributed by atoms with van der Waals surface area (Å²) < 4.78 is 0. The van der Waals surface area contributed by atoms with Crippen LogP contribution in [0.5, 0.6) is 5.75 Å². The van der Waals surface area contributed by atoms with E-state index in [0.29, 0.717) is 5.56 Å². The first kappa shape index (κ1) is 15.0. The number of nitrogens with zero attached hydrogens (tertiary/aromatic N) is 2. The fourth-order valence-corrected chi connectivity index (χ4v) is 2.80. The molecular formula is C16H14N4O2S. The van der Waals surface area contributed by atoms with Crippen LogP contribution in [0.4, 0.5) is 0 Å². The molecule has 1 amide bonds. The van der Waals surface area contributed by atoms with E-state index < -0.39 is 5.91 Å². The van der Waals surface area contributed by atoms with Crippen LogP contribution in [-0.2, 0) is 0 Å². The van der Waals surface area contributed by atoms with Crippen molar-refractivity contribution in [2.24, 2.45) is 5.10 Å². The van der Waals surface area contributed by atoms with Crippen LogP contribution >= 0.6 is 11.3 Å². The van der Waals surface area contributed by atoms with Gasteiger partial charge in [0.2, 0.25) is 0 Å². The fraction of sp³-hybridized carbons (Fsp3) is 0.0625. The van der Waals surface area contributed by atoms with Gasteiger partial charge >= 0.3 is 0 Å². The Kier molecular flexibility index (Phi) is 4.20. The zero-order chi connectivity index (χ0) is 16.2. The van der Waals surface area contributed by atoms with E-state index in [1.165, 1.54) is 11.1 Å². The Balaban J connectivity index is 1.66. The number of aromatic amines is 1. The fourth-order valence-electron chi connectivity index (χ4n) is 1.97. The number of benzene rings is 1. The predicted octanol–water partition coefficient (Wildman–Crippen LogP) is 2.92. The summed E-state index contributed by atoms with van der Waals surface area (Å²) in [7, 11) is 0. The summed E-state index contributed by atoms with van der Waals surface area (Å²) >= 11 is 1.63. The molecule has 0 saturated heterocycles. The highest BCUT2D eigenvalue weighted by Gasteiger charge is 2.11. The zero-order valence-corrected chi connectivity index (χ0v) is 13.1. The maximum absolute atomic E-state index is 12.0. The Morgan fingerprint density at radius 1 is 1.35 bits per heavy atom. The summed E-state index contributed by atoms with van der Waals surface area (Å²) in [5.41, 5.74) is 4.15. The van der Waals surface area contributed by atoms with Crippen molar-refractivity contribution >= 4 is 23.5 Å². The maximum Gasteiger partial charge on any atom is 0.291 e. The average molecular weight is 326 g/mol. The Morgan fingerprint density at radius 2 is 2.22 bits per heavy atom. The molecule has 6 nitrogen and oxygen atoms in total. The van der Waals surface area contributed by atoms with Crippen molar-refractivity contribution in [1.29, 1.82) is 0 Å². The van der Waals surface area contributed by atoms with Crippen LogP contribution in [0.25, 0.3) is 10.6 Å². The summed E-state index contributed by atoms with van der Waals surface area (Å²) in [5.74, 6) is -0.263. The van der Waals surface area contributed by atoms with Crippen molar-refractivity contribution in [3.8, 4) is 16.3 Å². The van der Waals surface area contributed by atoms with E-state index in [4.69, 9.17) is 0 Å². The number of amides is 1. The molecule has 0 aliphatic heterocycles. The van der Waals surface area contributed by atoms with Crippen molar-refractivity contribution in [1.82, 2.24) is 15.6 Å². The van der Waals surface area contributed by atoms with Gasteiger partial charge in [-0.25, -0.2) is 5.43 Å². The molecule has 3 N–H and O–H groups in total. The molecule has 0 atom stereocenters. The molecule has 1 aromatic carbocycles. The molecule has 2 heterocycles. The van der Waals surface area contributed by atoms with Gasteiger partial charge in [0, 0.05) is 4.88 Å². The van der Waals surface area contributed by atoms with E-state index in [0.717, 1.165) is 10.6 Å². The normalized spacial score (nSPS) is 11.0. The van der Waals surface area contributed by atoms with Crippen molar-refractivity contribution < 1.29 is 9.90 Å². The van der Waals surface area contributed by atoms with Crippen molar-refractivity contribution in [3.05, 3.63) is 58.6 Å². The number of hydrazone groups is 1. The Bertz CT molecular complexity index is 866. The standard InChI is InChI=1S/C16H14N4O2S/c1-10-5-6-15(23-10)13-8-14(19-18-13)16(22)20-17-9-11-3-2-4-12(21)7-11/h2-9,21H,1H3,(H,18,19)(H,20,22)/b17-9-. The number of H-pyrrole nitrogens is 1. The van der Waals surface area contributed by atoms with Crippen LogP contribution in [0, 0.1) is 6.92 Å². The molecule has 0 fully saturated rings. The molecule has 0 aliphatic rings. The second-order valence-electron chi connectivity index (χ2n) is 4.87. The summed E-state index contributed by atoms with van der Waals surface area (Å²) in [6.07, 6.45) is 1.45. The van der Waals surface area contributed by atoms with Gasteiger partial charge in [-0.3, -0.25) is 9.89 Å². The van der Waals surface area contributed by atoms with Crippen molar-refractivity contribution in [2.45, 2.75) is 6.92 Å². The van der Waals surface area contributed by atoms with E-state index in [1.54, 1.807) is 41.7 Å². The molecule has 2 aromatic heterocycles. The first-order valence-electron chi connectivity index (χ1n) is 6.86. The molecule has 0 saturated carbocycles. The third-order valence-electron chi connectivity index (χ3n) is 3.07. The van der Waals surface area contributed by atoms with Crippen molar-refractivity contribution in [3.63, 3.8) is 0 Å². The number of phenolic OH excluding ortho intramolecular Hbond substituents is 1. The average Bonchev–Trinajstić information content (AvgIpc) is 3.16. The number of carbonyl (C=O) groups excluding carboxylic acids is 1. The molecule has 3 rings (SSSR count). The van der Waals surface area contributed by atoms with Gasteiger partial charge < -0.3 is 5.11 Å². The van der Waals surface area contributed by atoms with Crippen LogP contribution in [0.1, 0.15) is 20.9 Å². The molecule has 0 bridgehead atoms. The number of aromatic nitrogens is 2. The maximum atomic E-state index is 12.0. The highest BCUT2D eigenvalue weighted by molar-refractivity contribution is 7.15. The van der Waals surface area contributed by atoms with Crippen LogP contribution in [0.2, 0.25) is 0 Å². The molecule has 0 unspecified atom stereocenters. The SMILES string of the molecule is Cc1ccc(-c2cc(C(=O)N/N=C\c3cccc(O)c3)n[nH]2)s1. The molecule has 0 radical (unpaired) electrons. The van der Waals surface area contributed by atoms with E-state index >= 15 is 0 Å². The lowest BCUT2D eigenvalue weighted by atomic mass is 10.2. The van der Waals surface area contributed by atoms with E-state index in [2.05, 4.69) is 20.7 Å². The second kappa shape index (κ2) is 6.45. The van der Waals surface area contributed by atoms with Crippen LogP contribution in [0.15, 0.2) is 47.6 Å². The van der Waals surface area contributed by atoms with Crippen LogP contribution < -0.4 is 5.43 Å². The lowest BCUT2D eigenvalue weighted by molar-refractivity contribution is 0.0950. The molecule has 23 heavy (non-hydrogen) atoms. The van der Waals surface area contributed by atoms with Crippen molar-refractivity contribution in [2.75, 3.05) is 0 Å². The lowest BCUT2D eigenvalue weighted by Crippen LogP contribution is -2.17. The first-order chi connectivity index (χ1) is 11.1. The van der Waals surface area contributed by atoms with Gasteiger partial charge in [-0.1, -0.05) is 12.1 Å². The molecule has 116 valence electrons. The topological polar surface area (TPSA) is 90.4 Å². The van der Waals surface area contributed by atoms with Gasteiger partial charge in [-0.15, -0.1) is 11.3 Å². The monoisotopic (exact) mass is 326 g/mol. The third kappa shape index (κ3) is 3.64. The molecule has 3 aromatic rings. The van der Waals surface area contributed by atoms with Gasteiger partial charge in [-0.2, -0.15) is 10.2 Å². The van der Waals surface area contributed by atoms with E-state index in [9.17, 15) is 9.90 Å². The van der Waals surface area contributed by atoms with Gasteiger partial charge in [0.15, 0.2) is 5.69 Å². The summed E-state index contributed by atoms with van der Waals surface area (Å²) in [6.45, 7) is 2.02. The number of nitrogens with one attached hydrogen (secondary N) is 2. The van der Waals surface area contributed by atoms with Gasteiger partial charge in [0.25, 0.3) is 5.91 Å². The number of thiophene rings is 1. The third-order valence-corrected chi connectivity index (χ3v) is 4.10. The summed E-state index contributed by atoms with van der Waals surface area (Å²) in [6, 6.07) is 12.2. The number of hydrogen-bond acceptors (Lipinski definition) is 5. The quantitative estimate of drug-likeness (QED) is 0.508. The number of rotatable bonds is 4. The molecular weight excluding hydrogens is 312 g/mol. The molecule has 7 heteroatoms. The van der Waals surface area contributed by atoms with Crippen LogP contribution in [0.3, 0.4) is 0 Å². The van der Waals surface area contributed by atoms with E-state index in [1.807, 2.05) is 19.1 Å². The van der Waals surface area contributed by atoms with Gasteiger partial charge in [-0.05, 0) is 42.8 Å². The highest BCUT2D eigenvalue weighted by Crippen LogP contribution is 2.26. The predicted molar refractivity (Wildman–Crippen MR) is 89.8 cm³/mol. The minimum atomic E-state index is -0.405. The van der Waals surface area contributed by atoms with Gasteiger partial charge in [0.05, 0.1) is 16.8 Å². The number of aryl methyl sites for hydroxylation is 1. The number of hydrogen-bond donors (Lipinski definition) is 3. The second-order valence-corrected chi connectivity index (χ2v) is 6.16. The van der Waals surface area contributed by atoms with Crippen LogP contribution in [-0.4, -0.2) is 27.4 Å². The molecule has 0 aliphatic carbocycles. The largest absolute Gasteiger partial charge is 0.508 e. The number of carbonyl (C=O) groups is 1. The number of phenols is 1. The Labute approximate surface area is 136 Å². The minimum absolute atomic E-state index is 0.142. The summed E-state index contributed by atoms with van der Waals surface area (Å²) in [5, 5.41) is 20.1. The lowest BCUT2D eigenvalue weighted by Gasteiger charge is -1.96. The summed E-state index contributed by atoms with van der Waals surface area (Å²) in [4.78, 5) is 14.2. The highest BCUT2D eigenvalue weighted by atomic mass is 32.1. The van der Waals surface area contributed by atoms with Gasteiger partial charge in [0.1, 0.15) is 5.75 Å².